The average molecular weight is 657 g/mol. The molecule has 1 atom stereocenters. The first-order chi connectivity index (χ1) is 21.8. The highest BCUT2D eigenvalue weighted by Crippen LogP contribution is 2.28. The Morgan fingerprint density at radius 1 is 1.00 bits per heavy atom. The minimum Gasteiger partial charge on any atom is -0.397 e. The van der Waals surface area contributed by atoms with Gasteiger partial charge in [0.05, 0.1) is 16.4 Å². The van der Waals surface area contributed by atoms with Crippen molar-refractivity contribution in [3.63, 3.8) is 0 Å². The van der Waals surface area contributed by atoms with Crippen LogP contribution in [-0.2, 0) is 17.6 Å². The molecule has 11 nitrogen and oxygen atoms in total. The summed E-state index contributed by atoms with van der Waals surface area (Å²) in [7, 11) is 0. The van der Waals surface area contributed by atoms with Gasteiger partial charge in [0.25, 0.3) is 0 Å². The summed E-state index contributed by atoms with van der Waals surface area (Å²) in [5.74, 6) is -0.0591. The highest BCUT2D eigenvalue weighted by atomic mass is 35.5. The number of urea groups is 2. The van der Waals surface area contributed by atoms with Crippen molar-refractivity contribution < 1.29 is 14.4 Å². The summed E-state index contributed by atoms with van der Waals surface area (Å²) in [4.78, 5) is 48.8. The van der Waals surface area contributed by atoms with E-state index in [1.54, 1.807) is 22.3 Å². The molecule has 3 saturated heterocycles. The fourth-order valence-electron chi connectivity index (χ4n) is 7.22. The van der Waals surface area contributed by atoms with E-state index in [-0.39, 0.29) is 24.0 Å². The van der Waals surface area contributed by atoms with E-state index in [2.05, 4.69) is 26.2 Å². The van der Waals surface area contributed by atoms with Gasteiger partial charge in [-0.1, -0.05) is 17.7 Å². The van der Waals surface area contributed by atoms with Crippen LogP contribution in [-0.4, -0.2) is 115 Å². The van der Waals surface area contributed by atoms with E-state index in [4.69, 9.17) is 17.3 Å². The number of carbonyl (C=O) groups is 3. The monoisotopic (exact) mass is 656 g/mol. The Labute approximate surface area is 274 Å². The second-order valence-corrected chi connectivity index (χ2v) is 13.9. The number of nitrogen functional groups attached to an aromatic ring is 1. The molecule has 45 heavy (non-hydrogen) atoms. The molecule has 5 heterocycles. The van der Waals surface area contributed by atoms with E-state index in [1.807, 2.05) is 28.2 Å². The zero-order valence-electron chi connectivity index (χ0n) is 26.0. The number of piperazine rings is 1. The Hall–Kier alpha value is -3.06. The number of hydrogen-bond donors (Lipinski definition) is 4. The molecular weight excluding hydrogens is 612 g/mol. The number of anilines is 2. The molecule has 4 aliphatic rings. The zero-order valence-corrected chi connectivity index (χ0v) is 27.6. The molecular formula is C32H45ClN8O3S. The second-order valence-electron chi connectivity index (χ2n) is 12.8. The molecule has 0 bridgehead atoms. The third kappa shape index (κ3) is 7.34. The van der Waals surface area contributed by atoms with Crippen LogP contribution < -0.4 is 21.7 Å². The molecule has 0 saturated carbocycles. The van der Waals surface area contributed by atoms with E-state index >= 15 is 0 Å². The van der Waals surface area contributed by atoms with Gasteiger partial charge >= 0.3 is 12.1 Å². The first-order valence-corrected chi connectivity index (χ1v) is 17.5. The van der Waals surface area contributed by atoms with Crippen LogP contribution in [0.5, 0.6) is 0 Å². The molecule has 0 spiro atoms. The van der Waals surface area contributed by atoms with Crippen molar-refractivity contribution in [1.29, 1.82) is 0 Å². The average Bonchev–Trinajstić information content (AvgIpc) is 3.43. The van der Waals surface area contributed by atoms with Crippen LogP contribution in [0.1, 0.15) is 42.4 Å². The van der Waals surface area contributed by atoms with Gasteiger partial charge < -0.3 is 36.4 Å². The molecule has 1 aromatic heterocycles. The fraction of sp³-hybridized carbons (Fsp3) is 0.594. The van der Waals surface area contributed by atoms with Gasteiger partial charge in [0.2, 0.25) is 5.91 Å². The maximum Gasteiger partial charge on any atom is 0.322 e. The standard InChI is InChI=1S/C32H45ClN8O3S/c1-21-16-22(17-26(33)29(21)34)18-27(30(42)39-9-3-24(4-10-39)38-14-7-35-8-15-38)36-31(43)40-11-5-25(6-12-40)41-13-2-23-19-45-20-28(23)37-32(41)44/h16-17,19-20,24-25,27,35H,2-15,18,34H2,1H3,(H,36,43)(H,37,44)/t27-/m1/s1. The van der Waals surface area contributed by atoms with Crippen LogP contribution >= 0.6 is 22.9 Å². The molecule has 5 amide bonds. The van der Waals surface area contributed by atoms with Crippen LogP contribution in [0, 0.1) is 6.92 Å². The van der Waals surface area contributed by atoms with Crippen molar-refractivity contribution in [2.24, 2.45) is 0 Å². The lowest BCUT2D eigenvalue weighted by molar-refractivity contribution is -0.134. The number of piperidine rings is 2. The van der Waals surface area contributed by atoms with Crippen molar-refractivity contribution in [3.8, 4) is 0 Å². The molecule has 0 radical (unpaired) electrons. The Morgan fingerprint density at radius 2 is 1.69 bits per heavy atom. The summed E-state index contributed by atoms with van der Waals surface area (Å²) in [6.45, 7) is 9.06. The number of benzene rings is 1. The van der Waals surface area contributed by atoms with E-state index in [9.17, 15) is 14.4 Å². The molecule has 244 valence electrons. The topological polar surface area (TPSA) is 126 Å². The number of nitrogens with one attached hydrogen (secondary N) is 3. The number of halogens is 1. The minimum absolute atomic E-state index is 0.0591. The number of nitrogens with two attached hydrogens (primary N) is 1. The molecule has 3 fully saturated rings. The Kier molecular flexibility index (Phi) is 10.0. The highest BCUT2D eigenvalue weighted by molar-refractivity contribution is 7.08. The number of rotatable bonds is 6. The number of carbonyl (C=O) groups excluding carboxylic acids is 3. The molecule has 0 aliphatic carbocycles. The Bertz CT molecular complexity index is 1360. The predicted molar refractivity (Wildman–Crippen MR) is 179 cm³/mol. The maximum absolute atomic E-state index is 14.0. The van der Waals surface area contributed by atoms with Crippen molar-refractivity contribution in [1.82, 2.24) is 30.2 Å². The predicted octanol–water partition coefficient (Wildman–Crippen LogP) is 3.36. The van der Waals surface area contributed by atoms with Crippen molar-refractivity contribution in [3.05, 3.63) is 44.6 Å². The zero-order chi connectivity index (χ0) is 31.5. The molecule has 1 aromatic carbocycles. The Morgan fingerprint density at radius 3 is 2.40 bits per heavy atom. The van der Waals surface area contributed by atoms with Crippen molar-refractivity contribution >= 4 is 52.3 Å². The van der Waals surface area contributed by atoms with Gasteiger partial charge in [-0.25, -0.2) is 9.59 Å². The van der Waals surface area contributed by atoms with Gasteiger partial charge in [0, 0.05) is 82.8 Å². The first kappa shape index (κ1) is 31.9. The van der Waals surface area contributed by atoms with E-state index in [1.165, 1.54) is 5.56 Å². The van der Waals surface area contributed by atoms with Gasteiger partial charge in [0.15, 0.2) is 0 Å². The third-order valence-electron chi connectivity index (χ3n) is 9.94. The summed E-state index contributed by atoms with van der Waals surface area (Å²) in [6, 6.07) is 3.25. The first-order valence-electron chi connectivity index (χ1n) is 16.2. The van der Waals surface area contributed by atoms with Gasteiger partial charge in [-0.3, -0.25) is 9.69 Å². The number of aryl methyl sites for hydroxylation is 1. The summed E-state index contributed by atoms with van der Waals surface area (Å²) in [5, 5.41) is 14.1. The van der Waals surface area contributed by atoms with E-state index < -0.39 is 6.04 Å². The number of amides is 5. The number of hydrogen-bond acceptors (Lipinski definition) is 7. The lowest BCUT2D eigenvalue weighted by Crippen LogP contribution is -2.58. The number of likely N-dealkylation sites (tertiary alicyclic amines) is 2. The summed E-state index contributed by atoms with van der Waals surface area (Å²) in [6.07, 6.45) is 4.41. The van der Waals surface area contributed by atoms with Crippen LogP contribution in [0.25, 0.3) is 0 Å². The van der Waals surface area contributed by atoms with E-state index in [0.29, 0.717) is 68.7 Å². The van der Waals surface area contributed by atoms with Crippen LogP contribution in [0.4, 0.5) is 21.0 Å². The van der Waals surface area contributed by atoms with Crippen LogP contribution in [0.15, 0.2) is 22.9 Å². The molecule has 6 rings (SSSR count). The fourth-order valence-corrected chi connectivity index (χ4v) is 8.34. The largest absolute Gasteiger partial charge is 0.397 e. The molecule has 2 aromatic rings. The number of nitrogens with zero attached hydrogens (tertiary/aromatic N) is 4. The summed E-state index contributed by atoms with van der Waals surface area (Å²) >= 11 is 8.01. The van der Waals surface area contributed by atoms with Gasteiger partial charge in [-0.05, 0) is 67.2 Å². The Balaban J connectivity index is 1.09. The lowest BCUT2D eigenvalue weighted by atomic mass is 9.98. The lowest BCUT2D eigenvalue weighted by Gasteiger charge is -2.41. The van der Waals surface area contributed by atoms with Gasteiger partial charge in [-0.2, -0.15) is 0 Å². The van der Waals surface area contributed by atoms with Crippen molar-refractivity contribution in [2.75, 3.05) is 70.0 Å². The van der Waals surface area contributed by atoms with E-state index in [0.717, 1.165) is 62.3 Å². The van der Waals surface area contributed by atoms with Crippen LogP contribution in [0.3, 0.4) is 0 Å². The quantitative estimate of drug-likeness (QED) is 0.354. The van der Waals surface area contributed by atoms with Gasteiger partial charge in [-0.15, -0.1) is 11.3 Å². The van der Waals surface area contributed by atoms with Crippen LogP contribution in [0.2, 0.25) is 5.02 Å². The second kappa shape index (κ2) is 14.1. The number of thiophene rings is 1. The highest BCUT2D eigenvalue weighted by Gasteiger charge is 2.35. The van der Waals surface area contributed by atoms with Crippen molar-refractivity contribution in [2.45, 2.75) is 63.6 Å². The van der Waals surface area contributed by atoms with Gasteiger partial charge in [0.1, 0.15) is 6.04 Å². The summed E-state index contributed by atoms with van der Waals surface area (Å²) in [5.41, 5.74) is 10.4. The summed E-state index contributed by atoms with van der Waals surface area (Å²) < 4.78 is 0. The normalized spacial score (nSPS) is 21.2. The molecule has 0 unspecified atom stereocenters. The number of fused-ring (bicyclic) bond motifs is 1. The molecule has 13 heteroatoms. The maximum atomic E-state index is 14.0. The molecule has 4 aliphatic heterocycles. The smallest absolute Gasteiger partial charge is 0.322 e. The minimum atomic E-state index is -0.722. The molecule has 5 N–H and O–H groups in total. The SMILES string of the molecule is Cc1cc(C[C@@H](NC(=O)N2CCC(N3CCc4cscc4NC3=O)CC2)C(=O)N2CCC(N3CCNCC3)CC2)cc(Cl)c1N. The third-order valence-corrected chi connectivity index (χ3v) is 11.0.